The van der Waals surface area contributed by atoms with Crippen LogP contribution < -0.4 is 15.4 Å². The number of nitrogens with zero attached hydrogens (tertiary/aromatic N) is 3. The molecule has 9 heteroatoms. The van der Waals surface area contributed by atoms with Crippen LogP contribution in [0.15, 0.2) is 30.5 Å². The highest BCUT2D eigenvalue weighted by molar-refractivity contribution is 7.89. The molecule has 0 aliphatic carbocycles. The van der Waals surface area contributed by atoms with Gasteiger partial charge in [-0.05, 0) is 25.5 Å². The lowest BCUT2D eigenvalue weighted by atomic mass is 10.4. The Bertz CT molecular complexity index is 752. The molecule has 2 aromatic rings. The van der Waals surface area contributed by atoms with E-state index in [9.17, 15) is 8.42 Å². The Morgan fingerprint density at radius 3 is 2.58 bits per heavy atom. The number of hydrogen-bond donors (Lipinski definition) is 3. The highest BCUT2D eigenvalue weighted by Gasteiger charge is 2.07. The van der Waals surface area contributed by atoms with Gasteiger partial charge in [0.15, 0.2) is 0 Å². The van der Waals surface area contributed by atoms with Gasteiger partial charge in [0.2, 0.25) is 10.0 Å². The van der Waals surface area contributed by atoms with Crippen LogP contribution in [0.3, 0.4) is 0 Å². The molecule has 2 aromatic heterocycles. The van der Waals surface area contributed by atoms with Crippen molar-refractivity contribution in [2.45, 2.75) is 20.3 Å². The molecule has 0 fully saturated rings. The Labute approximate surface area is 142 Å². The fraction of sp³-hybridized carbons (Fsp3) is 0.400. The van der Waals surface area contributed by atoms with E-state index in [-0.39, 0.29) is 5.75 Å². The summed E-state index contributed by atoms with van der Waals surface area (Å²) in [7, 11) is -3.19. The van der Waals surface area contributed by atoms with Gasteiger partial charge in [-0.2, -0.15) is 0 Å². The number of pyridine rings is 1. The minimum atomic E-state index is -3.19. The van der Waals surface area contributed by atoms with E-state index in [1.165, 1.54) is 0 Å². The standard InChI is InChI=1S/C15H22N6O2S/c1-3-10-24(22,23)18-9-8-17-14-11-15(20-12(2)19-14)21-13-6-4-5-7-16-13/h4-7,11,18H,3,8-10H2,1-2H3,(H2,16,17,19,20,21). The lowest BCUT2D eigenvalue weighted by Gasteiger charge is -2.10. The van der Waals surface area contributed by atoms with Gasteiger partial charge in [-0.15, -0.1) is 0 Å². The van der Waals surface area contributed by atoms with E-state index < -0.39 is 10.0 Å². The number of anilines is 3. The maximum Gasteiger partial charge on any atom is 0.211 e. The Morgan fingerprint density at radius 1 is 1.08 bits per heavy atom. The van der Waals surface area contributed by atoms with E-state index in [1.54, 1.807) is 19.2 Å². The van der Waals surface area contributed by atoms with Crippen molar-refractivity contribution >= 4 is 27.5 Å². The van der Waals surface area contributed by atoms with Crippen molar-refractivity contribution in [3.05, 3.63) is 36.3 Å². The third kappa shape index (κ3) is 6.09. The van der Waals surface area contributed by atoms with Crippen molar-refractivity contribution in [1.82, 2.24) is 19.7 Å². The second-order valence-corrected chi connectivity index (χ2v) is 7.09. The fourth-order valence-corrected chi connectivity index (χ4v) is 3.12. The van der Waals surface area contributed by atoms with Crippen molar-refractivity contribution in [2.75, 3.05) is 29.5 Å². The Hall–Kier alpha value is -2.26. The second-order valence-electron chi connectivity index (χ2n) is 5.17. The van der Waals surface area contributed by atoms with Gasteiger partial charge in [0.05, 0.1) is 5.75 Å². The summed E-state index contributed by atoms with van der Waals surface area (Å²) in [5, 5.41) is 6.19. The first-order valence-corrected chi connectivity index (χ1v) is 9.38. The first-order chi connectivity index (χ1) is 11.5. The molecule has 3 N–H and O–H groups in total. The van der Waals surface area contributed by atoms with Crippen molar-refractivity contribution in [1.29, 1.82) is 0 Å². The zero-order valence-electron chi connectivity index (χ0n) is 13.8. The molecule has 130 valence electrons. The second kappa shape index (κ2) is 8.55. The molecule has 0 bridgehead atoms. The molecule has 0 saturated heterocycles. The lowest BCUT2D eigenvalue weighted by Crippen LogP contribution is -2.30. The molecule has 0 radical (unpaired) electrons. The SMILES string of the molecule is CCCS(=O)(=O)NCCNc1cc(Nc2ccccn2)nc(C)n1. The van der Waals surface area contributed by atoms with Crippen LogP contribution in [0.2, 0.25) is 0 Å². The summed E-state index contributed by atoms with van der Waals surface area (Å²) in [6.45, 7) is 4.35. The zero-order chi connectivity index (χ0) is 17.4. The van der Waals surface area contributed by atoms with Crippen LogP contribution in [-0.4, -0.2) is 42.2 Å². The number of rotatable bonds is 9. The number of sulfonamides is 1. The molecule has 0 amide bonds. The topological polar surface area (TPSA) is 109 Å². The molecule has 0 atom stereocenters. The minimum absolute atomic E-state index is 0.137. The predicted octanol–water partition coefficient (Wildman–Crippen LogP) is 1.66. The molecular weight excluding hydrogens is 328 g/mol. The van der Waals surface area contributed by atoms with Crippen molar-refractivity contribution in [2.24, 2.45) is 0 Å². The van der Waals surface area contributed by atoms with Crippen molar-refractivity contribution in [3.63, 3.8) is 0 Å². The molecule has 2 rings (SSSR count). The summed E-state index contributed by atoms with van der Waals surface area (Å²) in [4.78, 5) is 12.8. The van der Waals surface area contributed by atoms with Crippen LogP contribution in [0.1, 0.15) is 19.2 Å². The van der Waals surface area contributed by atoms with E-state index >= 15 is 0 Å². The largest absolute Gasteiger partial charge is 0.369 e. The number of nitrogens with one attached hydrogen (secondary N) is 3. The normalized spacial score (nSPS) is 11.2. The number of aromatic nitrogens is 3. The minimum Gasteiger partial charge on any atom is -0.369 e. The smallest absolute Gasteiger partial charge is 0.211 e. The number of aryl methyl sites for hydroxylation is 1. The molecule has 0 aromatic carbocycles. The summed E-state index contributed by atoms with van der Waals surface area (Å²) in [5.74, 6) is 2.67. The third-order valence-electron chi connectivity index (χ3n) is 2.98. The first-order valence-electron chi connectivity index (χ1n) is 7.73. The van der Waals surface area contributed by atoms with Gasteiger partial charge in [0.25, 0.3) is 0 Å². The number of hydrogen-bond acceptors (Lipinski definition) is 7. The van der Waals surface area contributed by atoms with Crippen molar-refractivity contribution in [3.8, 4) is 0 Å². The highest BCUT2D eigenvalue weighted by Crippen LogP contribution is 2.15. The average Bonchev–Trinajstić information content (AvgIpc) is 2.52. The van der Waals surface area contributed by atoms with Gasteiger partial charge in [-0.3, -0.25) is 0 Å². The third-order valence-corrected chi connectivity index (χ3v) is 4.57. The van der Waals surface area contributed by atoms with Gasteiger partial charge in [0.1, 0.15) is 23.3 Å². The quantitative estimate of drug-likeness (QED) is 0.590. The summed E-state index contributed by atoms with van der Waals surface area (Å²) >= 11 is 0. The van der Waals surface area contributed by atoms with Crippen LogP contribution in [0, 0.1) is 6.92 Å². The average molecular weight is 350 g/mol. The molecule has 0 saturated carbocycles. The lowest BCUT2D eigenvalue weighted by molar-refractivity contribution is 0.581. The van der Waals surface area contributed by atoms with Gasteiger partial charge in [0, 0.05) is 25.4 Å². The van der Waals surface area contributed by atoms with E-state index in [4.69, 9.17) is 0 Å². The summed E-state index contributed by atoms with van der Waals surface area (Å²) in [6.07, 6.45) is 2.29. The van der Waals surface area contributed by atoms with E-state index in [0.717, 1.165) is 0 Å². The molecular formula is C15H22N6O2S. The summed E-state index contributed by atoms with van der Waals surface area (Å²) in [5.41, 5.74) is 0. The van der Waals surface area contributed by atoms with E-state index in [2.05, 4.69) is 30.3 Å². The zero-order valence-corrected chi connectivity index (χ0v) is 14.6. The molecule has 0 aliphatic heterocycles. The van der Waals surface area contributed by atoms with Gasteiger partial charge in [-0.25, -0.2) is 28.1 Å². The van der Waals surface area contributed by atoms with E-state index in [1.807, 2.05) is 25.1 Å². The van der Waals surface area contributed by atoms with Crippen molar-refractivity contribution < 1.29 is 8.42 Å². The van der Waals surface area contributed by atoms with Gasteiger partial charge in [-0.1, -0.05) is 13.0 Å². The Kier molecular flexibility index (Phi) is 6.44. The fourth-order valence-electron chi connectivity index (χ4n) is 2.03. The predicted molar refractivity (Wildman–Crippen MR) is 94.9 cm³/mol. The van der Waals surface area contributed by atoms with Crippen LogP contribution in [-0.2, 0) is 10.0 Å². The first kappa shape index (κ1) is 18.1. The maximum absolute atomic E-state index is 11.6. The molecule has 0 spiro atoms. The molecule has 2 heterocycles. The van der Waals surface area contributed by atoms with Crippen LogP contribution in [0.4, 0.5) is 17.5 Å². The van der Waals surface area contributed by atoms with Crippen LogP contribution in [0.25, 0.3) is 0 Å². The highest BCUT2D eigenvalue weighted by atomic mass is 32.2. The van der Waals surface area contributed by atoms with Crippen LogP contribution >= 0.6 is 0 Å². The van der Waals surface area contributed by atoms with Gasteiger partial charge < -0.3 is 10.6 Å². The molecule has 0 unspecified atom stereocenters. The Balaban J connectivity index is 1.91. The maximum atomic E-state index is 11.6. The summed E-state index contributed by atoms with van der Waals surface area (Å²) < 4.78 is 25.7. The summed E-state index contributed by atoms with van der Waals surface area (Å²) in [6, 6.07) is 7.31. The molecule has 24 heavy (non-hydrogen) atoms. The van der Waals surface area contributed by atoms with Crippen LogP contribution in [0.5, 0.6) is 0 Å². The molecule has 0 aliphatic rings. The monoisotopic (exact) mass is 350 g/mol. The van der Waals surface area contributed by atoms with Gasteiger partial charge >= 0.3 is 0 Å². The van der Waals surface area contributed by atoms with E-state index in [0.29, 0.717) is 42.8 Å². The molecule has 8 nitrogen and oxygen atoms in total. The Morgan fingerprint density at radius 2 is 1.88 bits per heavy atom.